The minimum Gasteiger partial charge on any atom is -0.494 e. The number of nitrogens with zero attached hydrogens (tertiary/aromatic N) is 2. The van der Waals surface area contributed by atoms with Crippen LogP contribution in [0, 0.1) is 0 Å². The van der Waals surface area contributed by atoms with Crippen molar-refractivity contribution >= 4 is 29.1 Å². The van der Waals surface area contributed by atoms with Crippen molar-refractivity contribution in [2.45, 2.75) is 26.8 Å². The molecular formula is C35H34N2O6S. The predicted octanol–water partition coefficient (Wildman–Crippen LogP) is 5.30. The number of rotatable bonds is 12. The highest BCUT2D eigenvalue weighted by molar-refractivity contribution is 7.07. The molecule has 0 bridgehead atoms. The second-order valence-corrected chi connectivity index (χ2v) is 10.7. The number of fused-ring (bicyclic) bond motifs is 1. The van der Waals surface area contributed by atoms with Crippen molar-refractivity contribution in [2.24, 2.45) is 4.99 Å². The van der Waals surface area contributed by atoms with Gasteiger partial charge in [0.1, 0.15) is 12.4 Å². The van der Waals surface area contributed by atoms with E-state index in [1.54, 1.807) is 23.6 Å². The molecule has 0 fully saturated rings. The minimum atomic E-state index is -0.771. The van der Waals surface area contributed by atoms with E-state index in [2.05, 4.69) is 6.58 Å². The summed E-state index contributed by atoms with van der Waals surface area (Å²) >= 11 is 1.26. The average Bonchev–Trinajstić information content (AvgIpc) is 3.35. The normalized spacial score (nSPS) is 14.4. The van der Waals surface area contributed by atoms with Crippen molar-refractivity contribution < 1.29 is 23.7 Å². The molecule has 226 valence electrons. The quantitative estimate of drug-likeness (QED) is 0.160. The van der Waals surface area contributed by atoms with Gasteiger partial charge < -0.3 is 18.9 Å². The van der Waals surface area contributed by atoms with Crippen LogP contribution in [0.3, 0.4) is 0 Å². The van der Waals surface area contributed by atoms with E-state index in [4.69, 9.17) is 23.9 Å². The molecule has 2 heterocycles. The summed E-state index contributed by atoms with van der Waals surface area (Å²) in [4.78, 5) is 33.2. The lowest BCUT2D eigenvalue weighted by Crippen LogP contribution is -2.40. The summed E-state index contributed by atoms with van der Waals surface area (Å²) in [7, 11) is 0. The monoisotopic (exact) mass is 610 g/mol. The molecular weight excluding hydrogens is 576 g/mol. The summed E-state index contributed by atoms with van der Waals surface area (Å²) < 4.78 is 24.8. The van der Waals surface area contributed by atoms with Crippen LogP contribution in [0.15, 0.2) is 101 Å². The van der Waals surface area contributed by atoms with Gasteiger partial charge in [-0.15, -0.1) is 0 Å². The van der Waals surface area contributed by atoms with Gasteiger partial charge in [-0.3, -0.25) is 9.36 Å². The smallest absolute Gasteiger partial charge is 0.338 e. The highest BCUT2D eigenvalue weighted by Gasteiger charge is 2.35. The Hall–Kier alpha value is -4.89. The fraction of sp³-hybridized carbons (Fsp3) is 0.229. The molecule has 0 unspecified atom stereocenters. The molecule has 1 aromatic heterocycles. The van der Waals surface area contributed by atoms with Crippen LogP contribution in [0.4, 0.5) is 0 Å². The van der Waals surface area contributed by atoms with E-state index in [0.717, 1.165) is 16.7 Å². The Morgan fingerprint density at radius 2 is 1.68 bits per heavy atom. The first-order chi connectivity index (χ1) is 21.5. The maximum Gasteiger partial charge on any atom is 0.338 e. The molecule has 9 heteroatoms. The lowest BCUT2D eigenvalue weighted by atomic mass is 9.93. The molecule has 4 aromatic rings. The molecule has 0 radical (unpaired) electrons. The molecule has 0 N–H and O–H groups in total. The molecule has 3 aromatic carbocycles. The zero-order chi connectivity index (χ0) is 31.1. The van der Waals surface area contributed by atoms with Crippen LogP contribution >= 0.6 is 11.3 Å². The third kappa shape index (κ3) is 6.38. The molecule has 0 amide bonds. The number of benzene rings is 3. The van der Waals surface area contributed by atoms with Gasteiger partial charge >= 0.3 is 5.97 Å². The van der Waals surface area contributed by atoms with Crippen molar-refractivity contribution in [2.75, 3.05) is 26.4 Å². The van der Waals surface area contributed by atoms with Gasteiger partial charge in [0.25, 0.3) is 5.56 Å². The summed E-state index contributed by atoms with van der Waals surface area (Å²) in [5, 5.41) is 0. The van der Waals surface area contributed by atoms with Crippen LogP contribution in [0.1, 0.15) is 43.5 Å². The number of ether oxygens (including phenoxy) is 4. The van der Waals surface area contributed by atoms with Crippen LogP contribution in [-0.4, -0.2) is 37.0 Å². The van der Waals surface area contributed by atoms with Gasteiger partial charge in [0, 0.05) is 5.56 Å². The zero-order valence-corrected chi connectivity index (χ0v) is 25.8. The first kappa shape index (κ1) is 30.6. The third-order valence-electron chi connectivity index (χ3n) is 6.80. The first-order valence-corrected chi connectivity index (χ1v) is 15.3. The average molecular weight is 611 g/mol. The van der Waals surface area contributed by atoms with Crippen LogP contribution in [0.25, 0.3) is 11.8 Å². The van der Waals surface area contributed by atoms with E-state index in [-0.39, 0.29) is 12.2 Å². The molecule has 0 saturated carbocycles. The van der Waals surface area contributed by atoms with Gasteiger partial charge in [0.15, 0.2) is 16.3 Å². The molecule has 1 aliphatic rings. The Kier molecular flexibility index (Phi) is 9.76. The summed E-state index contributed by atoms with van der Waals surface area (Å²) in [6.07, 6.45) is 3.47. The first-order valence-electron chi connectivity index (χ1n) is 14.5. The van der Waals surface area contributed by atoms with Crippen molar-refractivity contribution in [1.29, 1.82) is 0 Å². The van der Waals surface area contributed by atoms with Gasteiger partial charge in [-0.05, 0) is 62.2 Å². The van der Waals surface area contributed by atoms with Crippen molar-refractivity contribution in [1.82, 2.24) is 4.57 Å². The second kappa shape index (κ2) is 14.1. The van der Waals surface area contributed by atoms with E-state index < -0.39 is 12.0 Å². The van der Waals surface area contributed by atoms with Crippen molar-refractivity contribution in [3.63, 3.8) is 0 Å². The topological polar surface area (TPSA) is 88.4 Å². The number of hydrogen-bond acceptors (Lipinski definition) is 8. The Morgan fingerprint density at radius 3 is 2.36 bits per heavy atom. The molecule has 0 saturated heterocycles. The van der Waals surface area contributed by atoms with E-state index in [0.29, 0.717) is 57.7 Å². The van der Waals surface area contributed by atoms with Crippen molar-refractivity contribution in [3.05, 3.63) is 127 Å². The van der Waals surface area contributed by atoms with Gasteiger partial charge in [-0.1, -0.05) is 72.5 Å². The van der Waals surface area contributed by atoms with Crippen LogP contribution in [0.5, 0.6) is 17.2 Å². The highest BCUT2D eigenvalue weighted by atomic mass is 32.1. The van der Waals surface area contributed by atoms with E-state index >= 15 is 0 Å². The number of thiazole rings is 1. The predicted molar refractivity (Wildman–Crippen MR) is 172 cm³/mol. The number of esters is 1. The Bertz CT molecular complexity index is 1860. The minimum absolute atomic E-state index is 0.180. The molecule has 0 aliphatic carbocycles. The Balaban J connectivity index is 1.73. The molecule has 8 nitrogen and oxygen atoms in total. The van der Waals surface area contributed by atoms with Crippen LogP contribution in [0.2, 0.25) is 0 Å². The number of carbonyl (C=O) groups excluding carboxylic acids is 1. The van der Waals surface area contributed by atoms with E-state index in [9.17, 15) is 9.59 Å². The largest absolute Gasteiger partial charge is 0.494 e. The van der Waals surface area contributed by atoms with Crippen LogP contribution < -0.4 is 29.1 Å². The fourth-order valence-corrected chi connectivity index (χ4v) is 5.97. The Labute approximate surface area is 259 Å². The Morgan fingerprint density at radius 1 is 0.932 bits per heavy atom. The summed E-state index contributed by atoms with van der Waals surface area (Å²) in [5.74, 6) is 1.32. The number of hydrogen-bond donors (Lipinski definition) is 0. The third-order valence-corrected chi connectivity index (χ3v) is 7.79. The molecule has 5 rings (SSSR count). The van der Waals surface area contributed by atoms with Crippen molar-refractivity contribution in [3.8, 4) is 17.2 Å². The zero-order valence-electron chi connectivity index (χ0n) is 24.9. The maximum atomic E-state index is 14.2. The maximum absolute atomic E-state index is 14.2. The lowest BCUT2D eigenvalue weighted by Gasteiger charge is -2.26. The number of carbonyl (C=O) groups is 1. The van der Waals surface area contributed by atoms with Gasteiger partial charge in [0.2, 0.25) is 0 Å². The molecule has 44 heavy (non-hydrogen) atoms. The number of aromatic nitrogens is 1. The van der Waals surface area contributed by atoms with Gasteiger partial charge in [0.05, 0.1) is 41.7 Å². The van der Waals surface area contributed by atoms with Gasteiger partial charge in [-0.25, -0.2) is 9.79 Å². The summed E-state index contributed by atoms with van der Waals surface area (Å²) in [6.45, 7) is 10.8. The van der Waals surface area contributed by atoms with E-state index in [1.165, 1.54) is 11.3 Å². The molecule has 0 spiro atoms. The lowest BCUT2D eigenvalue weighted by molar-refractivity contribution is -0.138. The van der Waals surface area contributed by atoms with E-state index in [1.807, 2.05) is 86.6 Å². The molecule has 1 atom stereocenters. The fourth-order valence-electron chi connectivity index (χ4n) is 4.97. The second-order valence-electron chi connectivity index (χ2n) is 9.67. The SMILES string of the molecule is C=CCOc1ccc(/C=c2\sc3n(c2=O)[C@H](c2ccc(OCC)cc2)C(C(=O)OCC)=C(c2ccccc2)N=3)cc1OCC. The summed E-state index contributed by atoms with van der Waals surface area (Å²) in [5.41, 5.74) is 2.73. The van der Waals surface area contributed by atoms with Gasteiger partial charge in [-0.2, -0.15) is 0 Å². The summed E-state index contributed by atoms with van der Waals surface area (Å²) in [6, 6.07) is 21.6. The van der Waals surface area contributed by atoms with Crippen LogP contribution in [-0.2, 0) is 9.53 Å². The highest BCUT2D eigenvalue weighted by Crippen LogP contribution is 2.36. The standard InChI is InChI=1S/C35H34N2O6S/c1-5-20-43-27-19-14-23(21-28(27)41-7-3)22-29-33(38)37-32(25-15-17-26(18-16-25)40-6-2)30(34(39)42-8-4)31(36-35(37)44-29)24-12-10-9-11-13-24/h5,9-19,21-22,32H,1,6-8,20H2,2-4H3/b29-22-/t32-/m1/s1. The molecule has 1 aliphatic heterocycles.